The van der Waals surface area contributed by atoms with Crippen LogP contribution in [0.5, 0.6) is 11.5 Å². The van der Waals surface area contributed by atoms with Crippen molar-refractivity contribution in [1.29, 1.82) is 0 Å². The lowest BCUT2D eigenvalue weighted by Gasteiger charge is -2.34. The zero-order valence-corrected chi connectivity index (χ0v) is 18.9. The van der Waals surface area contributed by atoms with E-state index in [0.717, 1.165) is 0 Å². The molecule has 0 saturated carbocycles. The van der Waals surface area contributed by atoms with Crippen LogP contribution in [0.3, 0.4) is 0 Å². The van der Waals surface area contributed by atoms with Crippen LogP contribution in [-0.2, 0) is 14.8 Å². The number of carbonyl (C=O) groups excluding carboxylic acids is 1. The quantitative estimate of drug-likeness (QED) is 0.621. The van der Waals surface area contributed by atoms with Gasteiger partial charge in [-0.05, 0) is 38.1 Å². The summed E-state index contributed by atoms with van der Waals surface area (Å²) >= 11 is 0. The number of ether oxygens (including phenoxy) is 3. The number of hydrogen-bond donors (Lipinski definition) is 1. The Kier molecular flexibility index (Phi) is 7.19. The summed E-state index contributed by atoms with van der Waals surface area (Å²) in [6.07, 6.45) is -0.379. The molecular formula is C22H28N2O6S. The van der Waals surface area contributed by atoms with Crippen LogP contribution in [0, 0.1) is 0 Å². The summed E-state index contributed by atoms with van der Waals surface area (Å²) in [6.45, 7) is 4.22. The average Bonchev–Trinajstić information content (AvgIpc) is 2.76. The van der Waals surface area contributed by atoms with Gasteiger partial charge >= 0.3 is 0 Å². The van der Waals surface area contributed by atoms with Gasteiger partial charge in [0.05, 0.1) is 43.6 Å². The minimum absolute atomic E-state index is 0.0291. The van der Waals surface area contributed by atoms with Crippen LogP contribution in [0.25, 0.3) is 0 Å². The van der Waals surface area contributed by atoms with Crippen molar-refractivity contribution < 1.29 is 27.4 Å². The molecule has 2 atom stereocenters. The van der Waals surface area contributed by atoms with E-state index in [2.05, 4.69) is 5.32 Å². The zero-order valence-electron chi connectivity index (χ0n) is 18.1. The molecule has 0 aromatic heterocycles. The molecule has 1 N–H and O–H groups in total. The van der Waals surface area contributed by atoms with Crippen LogP contribution in [0.4, 0.5) is 5.69 Å². The van der Waals surface area contributed by atoms with Crippen molar-refractivity contribution in [3.8, 4) is 11.5 Å². The van der Waals surface area contributed by atoms with E-state index in [0.29, 0.717) is 22.7 Å². The van der Waals surface area contributed by atoms with Crippen molar-refractivity contribution in [2.45, 2.75) is 31.0 Å². The maximum atomic E-state index is 13.1. The summed E-state index contributed by atoms with van der Waals surface area (Å²) in [6, 6.07) is 11.3. The molecule has 8 nitrogen and oxygen atoms in total. The van der Waals surface area contributed by atoms with Gasteiger partial charge in [-0.3, -0.25) is 4.79 Å². The molecule has 2 aromatic carbocycles. The first kappa shape index (κ1) is 23.1. The molecule has 0 bridgehead atoms. The molecule has 168 valence electrons. The normalized spacial score (nSPS) is 19.6. The third-order valence-corrected chi connectivity index (χ3v) is 6.85. The molecule has 3 rings (SSSR count). The lowest BCUT2D eigenvalue weighted by molar-refractivity contribution is -0.0440. The Hall–Kier alpha value is -2.62. The van der Waals surface area contributed by atoms with E-state index in [4.69, 9.17) is 14.2 Å². The Morgan fingerprint density at radius 1 is 1.10 bits per heavy atom. The van der Waals surface area contributed by atoms with E-state index in [1.807, 2.05) is 13.8 Å². The smallest absolute Gasteiger partial charge is 0.243 e. The molecule has 1 heterocycles. The molecule has 0 amide bonds. The van der Waals surface area contributed by atoms with Crippen molar-refractivity contribution in [3.05, 3.63) is 48.0 Å². The van der Waals surface area contributed by atoms with Crippen molar-refractivity contribution in [3.63, 3.8) is 0 Å². The largest absolute Gasteiger partial charge is 0.497 e. The fourth-order valence-electron chi connectivity index (χ4n) is 3.54. The SMILES string of the molecule is COc1ccc(OC)c(NCC(=O)c2cccc(S(=O)(=O)N3CC(C)OC(C)C3)c2)c1. The summed E-state index contributed by atoms with van der Waals surface area (Å²) in [5, 5.41) is 3.04. The number of morpholine rings is 1. The Bertz CT molecular complexity index is 1030. The number of sulfonamides is 1. The highest BCUT2D eigenvalue weighted by atomic mass is 32.2. The Labute approximate surface area is 183 Å². The maximum Gasteiger partial charge on any atom is 0.243 e. The number of nitrogens with one attached hydrogen (secondary N) is 1. The second kappa shape index (κ2) is 9.67. The summed E-state index contributed by atoms with van der Waals surface area (Å²) in [7, 11) is -0.634. The summed E-state index contributed by atoms with van der Waals surface area (Å²) < 4.78 is 43.8. The third-order valence-electron chi connectivity index (χ3n) is 5.03. The number of rotatable bonds is 8. The molecular weight excluding hydrogens is 420 g/mol. The molecule has 31 heavy (non-hydrogen) atoms. The number of nitrogens with zero attached hydrogens (tertiary/aromatic N) is 1. The topological polar surface area (TPSA) is 94.2 Å². The van der Waals surface area contributed by atoms with Gasteiger partial charge in [0.1, 0.15) is 11.5 Å². The predicted molar refractivity (Wildman–Crippen MR) is 118 cm³/mol. The standard InChI is InChI=1S/C22H28N2O6S/c1-15-13-24(14-16(2)30-15)31(26,27)19-7-5-6-17(10-19)21(25)12-23-20-11-18(28-3)8-9-22(20)29-4/h5-11,15-16,23H,12-14H2,1-4H3. The number of Topliss-reactive ketones (excluding diaryl/α,β-unsaturated/α-hetero) is 1. The van der Waals surface area contributed by atoms with Crippen LogP contribution in [0.15, 0.2) is 47.4 Å². The first-order valence-electron chi connectivity index (χ1n) is 9.99. The number of ketones is 1. The molecule has 9 heteroatoms. The van der Waals surface area contributed by atoms with E-state index < -0.39 is 10.0 Å². The predicted octanol–water partition coefficient (Wildman–Crippen LogP) is 2.80. The Morgan fingerprint density at radius 2 is 1.81 bits per heavy atom. The summed E-state index contributed by atoms with van der Waals surface area (Å²) in [4.78, 5) is 12.9. The van der Waals surface area contributed by atoms with Crippen molar-refractivity contribution >= 4 is 21.5 Å². The molecule has 1 aliphatic heterocycles. The highest BCUT2D eigenvalue weighted by molar-refractivity contribution is 7.89. The number of carbonyl (C=O) groups is 1. The van der Waals surface area contributed by atoms with E-state index in [9.17, 15) is 13.2 Å². The van der Waals surface area contributed by atoms with Gasteiger partial charge in [-0.25, -0.2) is 8.42 Å². The van der Waals surface area contributed by atoms with Gasteiger partial charge < -0.3 is 19.5 Å². The van der Waals surface area contributed by atoms with Gasteiger partial charge in [-0.15, -0.1) is 0 Å². The molecule has 1 saturated heterocycles. The van der Waals surface area contributed by atoms with Gasteiger partial charge in [0.15, 0.2) is 5.78 Å². The van der Waals surface area contributed by atoms with E-state index >= 15 is 0 Å². The third kappa shape index (κ3) is 5.36. The Balaban J connectivity index is 1.76. The van der Waals surface area contributed by atoms with Gasteiger partial charge in [-0.1, -0.05) is 12.1 Å². The lowest BCUT2D eigenvalue weighted by atomic mass is 10.1. The van der Waals surface area contributed by atoms with E-state index in [-0.39, 0.29) is 42.5 Å². The maximum absolute atomic E-state index is 13.1. The first-order chi connectivity index (χ1) is 14.7. The molecule has 1 aliphatic rings. The fraction of sp³-hybridized carbons (Fsp3) is 0.409. The van der Waals surface area contributed by atoms with Crippen LogP contribution in [-0.4, -0.2) is 64.6 Å². The van der Waals surface area contributed by atoms with E-state index in [1.165, 1.54) is 23.5 Å². The summed E-state index contributed by atoms with van der Waals surface area (Å²) in [5.74, 6) is 0.948. The van der Waals surface area contributed by atoms with Crippen LogP contribution < -0.4 is 14.8 Å². The molecule has 2 aromatic rings. The molecule has 1 fully saturated rings. The van der Waals surface area contributed by atoms with Crippen LogP contribution in [0.1, 0.15) is 24.2 Å². The molecule has 0 spiro atoms. The van der Waals surface area contributed by atoms with Gasteiger partial charge in [0.2, 0.25) is 10.0 Å². The number of hydrogen-bond acceptors (Lipinski definition) is 7. The van der Waals surface area contributed by atoms with Crippen LogP contribution in [0.2, 0.25) is 0 Å². The zero-order chi connectivity index (χ0) is 22.6. The van der Waals surface area contributed by atoms with Gasteiger partial charge in [-0.2, -0.15) is 4.31 Å². The van der Waals surface area contributed by atoms with Gasteiger partial charge in [0.25, 0.3) is 0 Å². The lowest BCUT2D eigenvalue weighted by Crippen LogP contribution is -2.48. The average molecular weight is 449 g/mol. The van der Waals surface area contributed by atoms with Crippen LogP contribution >= 0.6 is 0 Å². The minimum Gasteiger partial charge on any atom is -0.497 e. The van der Waals surface area contributed by atoms with Crippen molar-refractivity contribution in [2.75, 3.05) is 39.2 Å². The minimum atomic E-state index is -3.73. The highest BCUT2D eigenvalue weighted by Gasteiger charge is 2.32. The fourth-order valence-corrected chi connectivity index (χ4v) is 5.17. The number of benzene rings is 2. The first-order valence-corrected chi connectivity index (χ1v) is 11.4. The number of anilines is 1. The molecule has 0 aliphatic carbocycles. The molecule has 0 radical (unpaired) electrons. The van der Waals surface area contributed by atoms with E-state index in [1.54, 1.807) is 37.4 Å². The second-order valence-electron chi connectivity index (χ2n) is 7.45. The van der Waals surface area contributed by atoms with Crippen molar-refractivity contribution in [2.24, 2.45) is 0 Å². The molecule has 2 unspecified atom stereocenters. The monoisotopic (exact) mass is 448 g/mol. The summed E-state index contributed by atoms with van der Waals surface area (Å²) in [5.41, 5.74) is 0.917. The van der Waals surface area contributed by atoms with Gasteiger partial charge in [0, 0.05) is 24.7 Å². The number of methoxy groups -OCH3 is 2. The Morgan fingerprint density at radius 3 is 2.45 bits per heavy atom. The van der Waals surface area contributed by atoms with Crippen molar-refractivity contribution in [1.82, 2.24) is 4.31 Å². The second-order valence-corrected chi connectivity index (χ2v) is 9.39. The highest BCUT2D eigenvalue weighted by Crippen LogP contribution is 2.29.